The molecule has 0 aliphatic rings. The zero-order chi connectivity index (χ0) is 13.6. The molecule has 7 heteroatoms. The van der Waals surface area contributed by atoms with E-state index in [0.29, 0.717) is 13.0 Å². The van der Waals surface area contributed by atoms with E-state index in [1.165, 1.54) is 0 Å². The van der Waals surface area contributed by atoms with Crippen molar-refractivity contribution in [1.82, 2.24) is 4.90 Å². The Morgan fingerprint density at radius 2 is 1.94 bits per heavy atom. The second kappa shape index (κ2) is 6.80. The van der Waals surface area contributed by atoms with Crippen molar-refractivity contribution in [3.05, 3.63) is 0 Å². The zero-order valence-corrected chi connectivity index (χ0v) is 10.1. The van der Waals surface area contributed by atoms with Crippen molar-refractivity contribution in [2.45, 2.75) is 32.5 Å². The second-order valence-corrected chi connectivity index (χ2v) is 4.22. The minimum absolute atomic E-state index is 0.0695. The first kappa shape index (κ1) is 16.2. The van der Waals surface area contributed by atoms with Crippen LogP contribution in [0.15, 0.2) is 0 Å². The van der Waals surface area contributed by atoms with E-state index in [1.54, 1.807) is 18.7 Å². The van der Waals surface area contributed by atoms with Crippen LogP contribution in [0.5, 0.6) is 0 Å². The predicted octanol–water partition coefficient (Wildman–Crippen LogP) is 1.19. The largest absolute Gasteiger partial charge is 0.399 e. The van der Waals surface area contributed by atoms with Crippen LogP contribution in [-0.4, -0.2) is 47.8 Å². The number of amidine groups is 1. The maximum absolute atomic E-state index is 12.6. The highest BCUT2D eigenvalue weighted by molar-refractivity contribution is 5.80. The summed E-state index contributed by atoms with van der Waals surface area (Å²) in [4.78, 5) is 1.57. The fraction of sp³-hybridized carbons (Fsp3) is 0.900. The van der Waals surface area contributed by atoms with Gasteiger partial charge in [0.1, 0.15) is 11.8 Å². The molecule has 0 spiro atoms. The summed E-state index contributed by atoms with van der Waals surface area (Å²) in [7, 11) is 0. The first-order valence-corrected chi connectivity index (χ1v) is 5.45. The number of nitrogens with two attached hydrogens (primary N) is 1. The molecule has 1 unspecified atom stereocenters. The SMILES string of the molecule is CC(C)N(CCCO)CC(C(=N)N)C(F)(F)F. The van der Waals surface area contributed by atoms with E-state index >= 15 is 0 Å². The van der Waals surface area contributed by atoms with E-state index < -0.39 is 17.9 Å². The summed E-state index contributed by atoms with van der Waals surface area (Å²) in [6.07, 6.45) is -4.10. The monoisotopic (exact) mass is 255 g/mol. The van der Waals surface area contributed by atoms with Crippen molar-refractivity contribution in [2.24, 2.45) is 11.7 Å². The van der Waals surface area contributed by atoms with Gasteiger partial charge in [-0.15, -0.1) is 0 Å². The summed E-state index contributed by atoms with van der Waals surface area (Å²) >= 11 is 0. The number of rotatable bonds is 7. The minimum Gasteiger partial charge on any atom is -0.396 e. The maximum Gasteiger partial charge on any atom is 0.399 e. The van der Waals surface area contributed by atoms with Gasteiger partial charge in [-0.2, -0.15) is 13.2 Å². The molecule has 0 rings (SSSR count). The van der Waals surface area contributed by atoms with Crippen LogP contribution in [-0.2, 0) is 0 Å². The summed E-state index contributed by atoms with van der Waals surface area (Å²) in [6, 6.07) is -0.0919. The molecule has 0 aromatic heterocycles. The molecule has 0 aliphatic heterocycles. The van der Waals surface area contributed by atoms with Crippen molar-refractivity contribution in [1.29, 1.82) is 5.41 Å². The van der Waals surface area contributed by atoms with Crippen LogP contribution < -0.4 is 5.73 Å². The lowest BCUT2D eigenvalue weighted by molar-refractivity contribution is -0.161. The molecule has 102 valence electrons. The fourth-order valence-corrected chi connectivity index (χ4v) is 1.45. The van der Waals surface area contributed by atoms with Crippen LogP contribution in [0.3, 0.4) is 0 Å². The molecule has 0 fully saturated rings. The number of nitrogens with zero attached hydrogens (tertiary/aromatic N) is 1. The Morgan fingerprint density at radius 1 is 1.41 bits per heavy atom. The number of nitrogens with one attached hydrogen (secondary N) is 1. The van der Waals surface area contributed by atoms with Gasteiger partial charge in [0.15, 0.2) is 0 Å². The summed E-state index contributed by atoms with van der Waals surface area (Å²) in [6.45, 7) is 3.49. The van der Waals surface area contributed by atoms with Crippen LogP contribution in [0.2, 0.25) is 0 Å². The average Bonchev–Trinajstić information content (AvgIpc) is 2.14. The van der Waals surface area contributed by atoms with E-state index in [0.717, 1.165) is 0 Å². The van der Waals surface area contributed by atoms with E-state index in [2.05, 4.69) is 0 Å². The van der Waals surface area contributed by atoms with Crippen LogP contribution in [0, 0.1) is 11.3 Å². The Kier molecular flexibility index (Phi) is 6.48. The molecule has 17 heavy (non-hydrogen) atoms. The molecular weight excluding hydrogens is 235 g/mol. The van der Waals surface area contributed by atoms with Crippen molar-refractivity contribution in [2.75, 3.05) is 19.7 Å². The Hall–Kier alpha value is -0.820. The van der Waals surface area contributed by atoms with Gasteiger partial charge in [0.25, 0.3) is 0 Å². The smallest absolute Gasteiger partial charge is 0.396 e. The van der Waals surface area contributed by atoms with E-state index in [4.69, 9.17) is 16.2 Å². The van der Waals surface area contributed by atoms with Crippen molar-refractivity contribution in [3.8, 4) is 0 Å². The average molecular weight is 255 g/mol. The van der Waals surface area contributed by atoms with Gasteiger partial charge >= 0.3 is 6.18 Å². The predicted molar refractivity (Wildman–Crippen MR) is 59.9 cm³/mol. The molecule has 0 aromatic carbocycles. The lowest BCUT2D eigenvalue weighted by atomic mass is 10.1. The van der Waals surface area contributed by atoms with Gasteiger partial charge in [0, 0.05) is 25.7 Å². The third-order valence-corrected chi connectivity index (χ3v) is 2.52. The fourth-order valence-electron chi connectivity index (χ4n) is 1.45. The van der Waals surface area contributed by atoms with Crippen molar-refractivity contribution in [3.63, 3.8) is 0 Å². The highest BCUT2D eigenvalue weighted by Gasteiger charge is 2.42. The molecule has 1 atom stereocenters. The number of aliphatic hydroxyl groups is 1. The summed E-state index contributed by atoms with van der Waals surface area (Å²) in [5, 5.41) is 15.7. The topological polar surface area (TPSA) is 73.3 Å². The van der Waals surface area contributed by atoms with E-state index in [1.807, 2.05) is 0 Å². The van der Waals surface area contributed by atoms with Gasteiger partial charge in [0.2, 0.25) is 0 Å². The normalized spacial score (nSPS) is 14.4. The highest BCUT2D eigenvalue weighted by atomic mass is 19.4. The highest BCUT2D eigenvalue weighted by Crippen LogP contribution is 2.27. The molecule has 0 heterocycles. The summed E-state index contributed by atoms with van der Waals surface area (Å²) < 4.78 is 37.9. The lowest BCUT2D eigenvalue weighted by Crippen LogP contribution is -2.46. The molecular formula is C10H20F3N3O. The van der Waals surface area contributed by atoms with E-state index in [-0.39, 0.29) is 19.2 Å². The Balaban J connectivity index is 4.63. The summed E-state index contributed by atoms with van der Waals surface area (Å²) in [5.41, 5.74) is 4.99. The summed E-state index contributed by atoms with van der Waals surface area (Å²) in [5.74, 6) is -2.81. The Bertz CT molecular complexity index is 243. The standard InChI is InChI=1S/C10H20F3N3O/c1-7(2)16(4-3-5-17)6-8(9(14)15)10(11,12)13/h7-8,17H,3-6H2,1-2H3,(H3,14,15). The van der Waals surface area contributed by atoms with Crippen molar-refractivity contribution < 1.29 is 18.3 Å². The first-order valence-electron chi connectivity index (χ1n) is 5.45. The molecule has 0 radical (unpaired) electrons. The number of alkyl halides is 3. The number of aliphatic hydroxyl groups excluding tert-OH is 1. The van der Waals surface area contributed by atoms with Gasteiger partial charge in [-0.3, -0.25) is 10.3 Å². The molecule has 0 saturated heterocycles. The lowest BCUT2D eigenvalue weighted by Gasteiger charge is -2.31. The molecule has 0 bridgehead atoms. The molecule has 4 nitrogen and oxygen atoms in total. The van der Waals surface area contributed by atoms with E-state index in [9.17, 15) is 13.2 Å². The number of halogens is 3. The second-order valence-electron chi connectivity index (χ2n) is 4.22. The Labute approximate surface area is 99.1 Å². The quantitative estimate of drug-likeness (QED) is 0.472. The van der Waals surface area contributed by atoms with Gasteiger partial charge in [0.05, 0.1) is 0 Å². The maximum atomic E-state index is 12.6. The third kappa shape index (κ3) is 5.88. The van der Waals surface area contributed by atoms with Crippen LogP contribution >= 0.6 is 0 Å². The van der Waals surface area contributed by atoms with Gasteiger partial charge < -0.3 is 10.8 Å². The van der Waals surface area contributed by atoms with Crippen LogP contribution in [0.25, 0.3) is 0 Å². The number of hydrogen-bond acceptors (Lipinski definition) is 3. The third-order valence-electron chi connectivity index (χ3n) is 2.52. The Morgan fingerprint density at radius 3 is 2.24 bits per heavy atom. The molecule has 0 amide bonds. The first-order chi connectivity index (χ1) is 7.70. The van der Waals surface area contributed by atoms with Crippen molar-refractivity contribution >= 4 is 5.84 Å². The van der Waals surface area contributed by atoms with Gasteiger partial charge in [-0.1, -0.05) is 0 Å². The van der Waals surface area contributed by atoms with Crippen LogP contribution in [0.4, 0.5) is 13.2 Å². The molecule has 0 saturated carbocycles. The zero-order valence-electron chi connectivity index (χ0n) is 10.1. The number of hydrogen-bond donors (Lipinski definition) is 3. The van der Waals surface area contributed by atoms with Gasteiger partial charge in [-0.05, 0) is 20.3 Å². The molecule has 4 N–H and O–H groups in total. The minimum atomic E-state index is -4.50. The molecule has 0 aromatic rings. The molecule has 0 aliphatic carbocycles. The van der Waals surface area contributed by atoms with Gasteiger partial charge in [-0.25, -0.2) is 0 Å². The van der Waals surface area contributed by atoms with Crippen LogP contribution in [0.1, 0.15) is 20.3 Å².